The van der Waals surface area contributed by atoms with Crippen molar-refractivity contribution in [3.05, 3.63) is 20.8 Å². The van der Waals surface area contributed by atoms with E-state index in [1.165, 1.54) is 4.57 Å². The lowest BCUT2D eigenvalue weighted by Crippen LogP contribution is -2.29. The SMILES string of the molecule is CC[C@H](C)n1c(NCCCO)nc2c1c(=O)[nH]c(=O)n2C. The van der Waals surface area contributed by atoms with Gasteiger partial charge in [-0.2, -0.15) is 4.98 Å². The summed E-state index contributed by atoms with van der Waals surface area (Å²) in [6.45, 7) is 4.63. The lowest BCUT2D eigenvalue weighted by Gasteiger charge is -2.15. The predicted octanol–water partition coefficient (Wildman–Crippen LogP) is 0.189. The van der Waals surface area contributed by atoms with Crippen LogP contribution >= 0.6 is 0 Å². The first kappa shape index (κ1) is 15.3. The first-order chi connectivity index (χ1) is 10.0. The van der Waals surface area contributed by atoms with Crippen LogP contribution in [0, 0.1) is 0 Å². The number of hydrogen-bond acceptors (Lipinski definition) is 5. The third-order valence-corrected chi connectivity index (χ3v) is 3.60. The Kier molecular flexibility index (Phi) is 4.46. The van der Waals surface area contributed by atoms with Crippen LogP contribution in [-0.2, 0) is 7.05 Å². The number of imidazole rings is 1. The molecule has 0 aliphatic rings. The maximum Gasteiger partial charge on any atom is 0.329 e. The van der Waals surface area contributed by atoms with Gasteiger partial charge >= 0.3 is 5.69 Å². The van der Waals surface area contributed by atoms with Crippen LogP contribution in [0.25, 0.3) is 11.2 Å². The molecule has 1 atom stereocenters. The van der Waals surface area contributed by atoms with Gasteiger partial charge in [0.05, 0.1) is 0 Å². The van der Waals surface area contributed by atoms with E-state index in [4.69, 9.17) is 5.11 Å². The maximum atomic E-state index is 12.1. The van der Waals surface area contributed by atoms with Gasteiger partial charge in [-0.25, -0.2) is 4.79 Å². The smallest absolute Gasteiger partial charge is 0.329 e. The molecule has 21 heavy (non-hydrogen) atoms. The molecule has 0 spiro atoms. The van der Waals surface area contributed by atoms with Crippen LogP contribution < -0.4 is 16.6 Å². The highest BCUT2D eigenvalue weighted by Crippen LogP contribution is 2.22. The molecular formula is C13H21N5O3. The van der Waals surface area contributed by atoms with Crippen molar-refractivity contribution in [1.82, 2.24) is 19.1 Å². The lowest BCUT2D eigenvalue weighted by molar-refractivity contribution is 0.292. The molecular weight excluding hydrogens is 274 g/mol. The van der Waals surface area contributed by atoms with Crippen LogP contribution in [0.4, 0.5) is 5.95 Å². The van der Waals surface area contributed by atoms with Crippen molar-refractivity contribution in [2.75, 3.05) is 18.5 Å². The molecule has 0 radical (unpaired) electrons. The second-order valence-corrected chi connectivity index (χ2v) is 5.06. The Labute approximate surface area is 121 Å². The van der Waals surface area contributed by atoms with E-state index in [2.05, 4.69) is 15.3 Å². The minimum atomic E-state index is -0.483. The molecule has 2 heterocycles. The van der Waals surface area contributed by atoms with Crippen molar-refractivity contribution in [3.8, 4) is 0 Å². The van der Waals surface area contributed by atoms with Gasteiger partial charge in [0.2, 0.25) is 5.95 Å². The fourth-order valence-electron chi connectivity index (χ4n) is 2.22. The molecule has 0 aliphatic heterocycles. The second kappa shape index (κ2) is 6.13. The summed E-state index contributed by atoms with van der Waals surface area (Å²) in [4.78, 5) is 30.5. The van der Waals surface area contributed by atoms with E-state index in [-0.39, 0.29) is 12.6 Å². The van der Waals surface area contributed by atoms with E-state index in [1.54, 1.807) is 7.05 Å². The van der Waals surface area contributed by atoms with Gasteiger partial charge in [0, 0.05) is 26.2 Å². The van der Waals surface area contributed by atoms with Gasteiger partial charge < -0.3 is 15.0 Å². The van der Waals surface area contributed by atoms with E-state index in [0.29, 0.717) is 30.1 Å². The van der Waals surface area contributed by atoms with Gasteiger partial charge in [0.15, 0.2) is 11.2 Å². The number of fused-ring (bicyclic) bond motifs is 1. The minimum absolute atomic E-state index is 0.0604. The zero-order valence-corrected chi connectivity index (χ0v) is 12.5. The van der Waals surface area contributed by atoms with Crippen molar-refractivity contribution < 1.29 is 5.11 Å². The van der Waals surface area contributed by atoms with Crippen LogP contribution in [0.5, 0.6) is 0 Å². The highest BCUT2D eigenvalue weighted by Gasteiger charge is 2.19. The van der Waals surface area contributed by atoms with Crippen LogP contribution in [0.15, 0.2) is 9.59 Å². The molecule has 0 bridgehead atoms. The summed E-state index contributed by atoms with van der Waals surface area (Å²) in [6, 6.07) is 0.0604. The molecule has 0 saturated heterocycles. The molecule has 2 aromatic rings. The highest BCUT2D eigenvalue weighted by atomic mass is 16.3. The molecule has 2 rings (SSSR count). The first-order valence-electron chi connectivity index (χ1n) is 7.07. The number of aromatic nitrogens is 4. The Balaban J connectivity index is 2.67. The first-order valence-corrected chi connectivity index (χ1v) is 7.07. The molecule has 116 valence electrons. The van der Waals surface area contributed by atoms with Gasteiger partial charge in [-0.3, -0.25) is 14.3 Å². The molecule has 0 fully saturated rings. The number of aliphatic hydroxyl groups is 1. The summed E-state index contributed by atoms with van der Waals surface area (Å²) in [6.07, 6.45) is 1.40. The molecule has 0 unspecified atom stereocenters. The maximum absolute atomic E-state index is 12.1. The fraction of sp³-hybridized carbons (Fsp3) is 0.615. The van der Waals surface area contributed by atoms with Crippen LogP contribution in [0.1, 0.15) is 32.7 Å². The Hall–Kier alpha value is -2.09. The Morgan fingerprint density at radius 2 is 2.14 bits per heavy atom. The Bertz CT molecular complexity index is 743. The number of anilines is 1. The number of rotatable bonds is 6. The molecule has 0 aromatic carbocycles. The van der Waals surface area contributed by atoms with Crippen LogP contribution in [0.3, 0.4) is 0 Å². The number of hydrogen-bond donors (Lipinski definition) is 3. The van der Waals surface area contributed by atoms with Crippen molar-refractivity contribution >= 4 is 17.1 Å². The average Bonchev–Trinajstić information content (AvgIpc) is 2.84. The Morgan fingerprint density at radius 1 is 1.43 bits per heavy atom. The molecule has 3 N–H and O–H groups in total. The largest absolute Gasteiger partial charge is 0.396 e. The molecule has 8 nitrogen and oxygen atoms in total. The van der Waals surface area contributed by atoms with Gasteiger partial charge in [0.25, 0.3) is 5.56 Å². The number of H-pyrrole nitrogens is 1. The summed E-state index contributed by atoms with van der Waals surface area (Å²) in [5.41, 5.74) is -0.173. The van der Waals surface area contributed by atoms with Crippen molar-refractivity contribution in [2.45, 2.75) is 32.7 Å². The number of aliphatic hydroxyl groups excluding tert-OH is 1. The van der Waals surface area contributed by atoms with Gasteiger partial charge in [-0.05, 0) is 19.8 Å². The number of aromatic amines is 1. The van der Waals surface area contributed by atoms with E-state index in [9.17, 15) is 9.59 Å². The van der Waals surface area contributed by atoms with Gasteiger partial charge in [-0.1, -0.05) is 6.92 Å². The second-order valence-electron chi connectivity index (χ2n) is 5.06. The molecule has 0 saturated carbocycles. The van der Waals surface area contributed by atoms with Crippen molar-refractivity contribution in [2.24, 2.45) is 7.05 Å². The van der Waals surface area contributed by atoms with Crippen molar-refractivity contribution in [3.63, 3.8) is 0 Å². The standard InChI is InChI=1S/C13H21N5O3/c1-4-8(2)18-9-10(15-12(18)14-6-5-7-19)17(3)13(21)16-11(9)20/h8,19H,4-7H2,1-3H3,(H,14,15)(H,16,20,21)/t8-/m0/s1. The third-order valence-electron chi connectivity index (χ3n) is 3.60. The van der Waals surface area contributed by atoms with E-state index >= 15 is 0 Å². The lowest BCUT2D eigenvalue weighted by atomic mass is 10.2. The van der Waals surface area contributed by atoms with Gasteiger partial charge in [-0.15, -0.1) is 0 Å². The zero-order valence-electron chi connectivity index (χ0n) is 12.5. The van der Waals surface area contributed by atoms with E-state index in [0.717, 1.165) is 6.42 Å². The zero-order chi connectivity index (χ0) is 15.6. The quantitative estimate of drug-likeness (QED) is 0.660. The monoisotopic (exact) mass is 295 g/mol. The molecule has 8 heteroatoms. The minimum Gasteiger partial charge on any atom is -0.396 e. The summed E-state index contributed by atoms with van der Waals surface area (Å²) >= 11 is 0. The predicted molar refractivity (Wildman–Crippen MR) is 80.8 cm³/mol. The third kappa shape index (κ3) is 2.71. The number of nitrogens with zero attached hydrogens (tertiary/aromatic N) is 3. The van der Waals surface area contributed by atoms with Gasteiger partial charge in [0.1, 0.15) is 0 Å². The van der Waals surface area contributed by atoms with E-state index < -0.39 is 11.2 Å². The van der Waals surface area contributed by atoms with Crippen molar-refractivity contribution in [1.29, 1.82) is 0 Å². The molecule has 0 aliphatic carbocycles. The van der Waals surface area contributed by atoms with Crippen LogP contribution in [0.2, 0.25) is 0 Å². The highest BCUT2D eigenvalue weighted by molar-refractivity contribution is 5.74. The summed E-state index contributed by atoms with van der Waals surface area (Å²) in [7, 11) is 1.58. The van der Waals surface area contributed by atoms with Crippen LogP contribution in [-0.4, -0.2) is 37.4 Å². The summed E-state index contributed by atoms with van der Waals surface area (Å²) in [5, 5.41) is 12.0. The topological polar surface area (TPSA) is 105 Å². The number of aryl methyl sites for hydroxylation is 1. The molecule has 0 amide bonds. The van der Waals surface area contributed by atoms with E-state index in [1.807, 2.05) is 18.4 Å². The average molecular weight is 295 g/mol. The fourth-order valence-corrected chi connectivity index (χ4v) is 2.22. The summed E-state index contributed by atoms with van der Waals surface area (Å²) in [5.74, 6) is 0.541. The summed E-state index contributed by atoms with van der Waals surface area (Å²) < 4.78 is 3.14. The number of nitrogens with one attached hydrogen (secondary N) is 2. The Morgan fingerprint density at radius 3 is 2.76 bits per heavy atom. The molecule has 2 aromatic heterocycles. The normalized spacial score (nSPS) is 12.8.